The molecule has 0 aliphatic carbocycles. The largest absolute Gasteiger partial charge is 0.352 e. The van der Waals surface area contributed by atoms with Crippen LogP contribution >= 0.6 is 35.3 Å². The fraction of sp³-hybridized carbons (Fsp3) is 0.412. The number of thiazole rings is 1. The number of hydrogen-bond donors (Lipinski definition) is 2. The van der Waals surface area contributed by atoms with Crippen molar-refractivity contribution in [3.8, 4) is 0 Å². The lowest BCUT2D eigenvalue weighted by Crippen LogP contribution is -2.36. The summed E-state index contributed by atoms with van der Waals surface area (Å²) in [5.74, 6) is 0.406. The van der Waals surface area contributed by atoms with Crippen LogP contribution in [0.5, 0.6) is 0 Å². The first-order valence-corrected chi connectivity index (χ1v) is 8.41. The summed E-state index contributed by atoms with van der Waals surface area (Å²) in [7, 11) is 1.69. The number of halogens is 2. The van der Waals surface area contributed by atoms with E-state index < -0.39 is 0 Å². The topological polar surface area (TPSA) is 49.3 Å². The second kappa shape index (κ2) is 9.31. The summed E-state index contributed by atoms with van der Waals surface area (Å²) in [4.78, 5) is 8.78. The molecule has 2 rings (SSSR count). The molecule has 0 spiro atoms. The van der Waals surface area contributed by atoms with Gasteiger partial charge in [-0.3, -0.25) is 4.99 Å². The monoisotopic (exact) mass is 462 g/mol. The van der Waals surface area contributed by atoms with Crippen LogP contribution < -0.4 is 10.6 Å². The molecule has 2 aromatic rings. The van der Waals surface area contributed by atoms with Crippen LogP contribution in [0.15, 0.2) is 34.6 Å². The molecule has 7 heteroatoms. The molecular formula is C17H24FIN4S. The van der Waals surface area contributed by atoms with E-state index >= 15 is 0 Å². The van der Waals surface area contributed by atoms with Crippen LogP contribution in [0.1, 0.15) is 37.0 Å². The van der Waals surface area contributed by atoms with E-state index in [2.05, 4.69) is 46.8 Å². The normalized spacial score (nSPS) is 11.8. The Labute approximate surface area is 164 Å². The maximum atomic E-state index is 13.6. The van der Waals surface area contributed by atoms with Gasteiger partial charge in [-0.15, -0.1) is 35.3 Å². The van der Waals surface area contributed by atoms with E-state index in [9.17, 15) is 4.39 Å². The molecule has 132 valence electrons. The minimum Gasteiger partial charge on any atom is -0.352 e. The van der Waals surface area contributed by atoms with Gasteiger partial charge in [-0.05, 0) is 6.07 Å². The van der Waals surface area contributed by atoms with Gasteiger partial charge in [0.2, 0.25) is 0 Å². The van der Waals surface area contributed by atoms with Gasteiger partial charge in [-0.1, -0.05) is 39.0 Å². The van der Waals surface area contributed by atoms with Gasteiger partial charge in [-0.25, -0.2) is 9.37 Å². The van der Waals surface area contributed by atoms with Crippen molar-refractivity contribution in [1.82, 2.24) is 15.6 Å². The van der Waals surface area contributed by atoms with E-state index in [4.69, 9.17) is 0 Å². The Hall–Kier alpha value is -1.22. The van der Waals surface area contributed by atoms with Crippen LogP contribution in [0, 0.1) is 5.82 Å². The zero-order chi connectivity index (χ0) is 16.9. The van der Waals surface area contributed by atoms with Crippen LogP contribution in [-0.4, -0.2) is 18.0 Å². The Kier molecular flexibility index (Phi) is 8.08. The highest BCUT2D eigenvalue weighted by molar-refractivity contribution is 14.0. The average Bonchev–Trinajstić information content (AvgIpc) is 2.98. The van der Waals surface area contributed by atoms with Crippen molar-refractivity contribution in [2.45, 2.75) is 39.3 Å². The van der Waals surface area contributed by atoms with Crippen molar-refractivity contribution < 1.29 is 4.39 Å². The average molecular weight is 462 g/mol. The summed E-state index contributed by atoms with van der Waals surface area (Å²) in [6.07, 6.45) is 0. The van der Waals surface area contributed by atoms with E-state index in [-0.39, 0.29) is 35.2 Å². The highest BCUT2D eigenvalue weighted by atomic mass is 127. The first-order valence-electron chi connectivity index (χ1n) is 7.53. The van der Waals surface area contributed by atoms with Crippen LogP contribution in [0.25, 0.3) is 0 Å². The Balaban J connectivity index is 0.00000288. The van der Waals surface area contributed by atoms with Crippen molar-refractivity contribution in [3.05, 3.63) is 51.7 Å². The number of benzene rings is 1. The lowest BCUT2D eigenvalue weighted by Gasteiger charge is -2.14. The first-order chi connectivity index (χ1) is 10.9. The molecule has 1 aromatic carbocycles. The SMILES string of the molecule is CN=C(NCc1csc(C(C)(C)C)n1)NCc1ccccc1F.I. The summed E-state index contributed by atoms with van der Waals surface area (Å²) in [5, 5.41) is 9.48. The van der Waals surface area contributed by atoms with E-state index in [0.717, 1.165) is 10.7 Å². The third-order valence-electron chi connectivity index (χ3n) is 3.26. The molecule has 0 unspecified atom stereocenters. The molecule has 1 aromatic heterocycles. The second-order valence-electron chi connectivity index (χ2n) is 6.26. The predicted octanol–water partition coefficient (Wildman–Crippen LogP) is 4.06. The minimum atomic E-state index is -0.218. The number of nitrogens with one attached hydrogen (secondary N) is 2. The summed E-state index contributed by atoms with van der Waals surface area (Å²) in [6, 6.07) is 6.71. The second-order valence-corrected chi connectivity index (χ2v) is 7.12. The molecule has 0 radical (unpaired) electrons. The van der Waals surface area contributed by atoms with Gasteiger partial charge in [0.15, 0.2) is 5.96 Å². The summed E-state index contributed by atoms with van der Waals surface area (Å²) in [5.41, 5.74) is 1.65. The zero-order valence-corrected chi connectivity index (χ0v) is 17.5. The molecule has 4 nitrogen and oxygen atoms in total. The van der Waals surface area contributed by atoms with Crippen molar-refractivity contribution in [1.29, 1.82) is 0 Å². The van der Waals surface area contributed by atoms with Gasteiger partial charge in [0.1, 0.15) is 5.82 Å². The molecule has 0 aliphatic heterocycles. The molecule has 0 saturated carbocycles. The van der Waals surface area contributed by atoms with Crippen molar-refractivity contribution in [3.63, 3.8) is 0 Å². The summed E-state index contributed by atoms with van der Waals surface area (Å²) >= 11 is 1.67. The van der Waals surface area contributed by atoms with Gasteiger partial charge in [0, 0.05) is 30.0 Å². The van der Waals surface area contributed by atoms with E-state index in [1.54, 1.807) is 30.5 Å². The van der Waals surface area contributed by atoms with Crippen molar-refractivity contribution in [2.24, 2.45) is 4.99 Å². The first kappa shape index (κ1) is 20.8. The Morgan fingerprint density at radius 2 is 1.88 bits per heavy atom. The Bertz CT molecular complexity index is 679. The fourth-order valence-corrected chi connectivity index (χ4v) is 2.86. The molecule has 0 aliphatic rings. The lowest BCUT2D eigenvalue weighted by molar-refractivity contribution is 0.582. The molecule has 0 fully saturated rings. The van der Waals surface area contributed by atoms with Gasteiger partial charge in [0.05, 0.1) is 17.2 Å². The standard InChI is InChI=1S/C17H23FN4S.HI/c1-17(2,3)15-22-13(11-23-15)10-21-16(19-4)20-9-12-7-5-6-8-14(12)18;/h5-8,11H,9-10H2,1-4H3,(H2,19,20,21);1H. The zero-order valence-electron chi connectivity index (χ0n) is 14.4. The van der Waals surface area contributed by atoms with Gasteiger partial charge >= 0.3 is 0 Å². The third-order valence-corrected chi connectivity index (χ3v) is 4.57. The summed E-state index contributed by atoms with van der Waals surface area (Å²) in [6.45, 7) is 7.42. The molecule has 1 heterocycles. The van der Waals surface area contributed by atoms with Crippen LogP contribution in [0.2, 0.25) is 0 Å². The molecule has 0 atom stereocenters. The maximum Gasteiger partial charge on any atom is 0.191 e. The van der Waals surface area contributed by atoms with Crippen LogP contribution in [0.4, 0.5) is 4.39 Å². The number of guanidine groups is 1. The maximum absolute atomic E-state index is 13.6. The van der Waals surface area contributed by atoms with Crippen LogP contribution in [-0.2, 0) is 18.5 Å². The van der Waals surface area contributed by atoms with Gasteiger partial charge in [0.25, 0.3) is 0 Å². The number of nitrogens with zero attached hydrogens (tertiary/aromatic N) is 2. The van der Waals surface area contributed by atoms with Crippen molar-refractivity contribution >= 4 is 41.3 Å². The number of aromatic nitrogens is 1. The fourth-order valence-electron chi connectivity index (χ4n) is 1.95. The Morgan fingerprint density at radius 3 is 2.46 bits per heavy atom. The highest BCUT2D eigenvalue weighted by Crippen LogP contribution is 2.25. The summed E-state index contributed by atoms with van der Waals surface area (Å²) < 4.78 is 13.6. The molecule has 2 N–H and O–H groups in total. The quantitative estimate of drug-likeness (QED) is 0.410. The molecule has 0 amide bonds. The number of rotatable bonds is 4. The highest BCUT2D eigenvalue weighted by Gasteiger charge is 2.17. The molecule has 0 bridgehead atoms. The number of aliphatic imine (C=N–C) groups is 1. The molecular weight excluding hydrogens is 438 g/mol. The van der Waals surface area contributed by atoms with E-state index in [1.807, 2.05) is 6.07 Å². The van der Waals surface area contributed by atoms with Gasteiger partial charge in [-0.2, -0.15) is 0 Å². The van der Waals surface area contributed by atoms with Gasteiger partial charge < -0.3 is 10.6 Å². The van der Waals surface area contributed by atoms with Crippen molar-refractivity contribution in [2.75, 3.05) is 7.05 Å². The molecule has 24 heavy (non-hydrogen) atoms. The van der Waals surface area contributed by atoms with Crippen LogP contribution in [0.3, 0.4) is 0 Å². The number of hydrogen-bond acceptors (Lipinski definition) is 3. The van der Waals surface area contributed by atoms with E-state index in [1.165, 1.54) is 6.07 Å². The predicted molar refractivity (Wildman–Crippen MR) is 110 cm³/mol. The Morgan fingerprint density at radius 1 is 1.21 bits per heavy atom. The third kappa shape index (κ3) is 6.01. The van der Waals surface area contributed by atoms with E-state index in [0.29, 0.717) is 24.6 Å². The minimum absolute atomic E-state index is 0. The molecule has 0 saturated heterocycles. The smallest absolute Gasteiger partial charge is 0.191 e. The lowest BCUT2D eigenvalue weighted by atomic mass is 9.98.